The summed E-state index contributed by atoms with van der Waals surface area (Å²) < 4.78 is 0. The summed E-state index contributed by atoms with van der Waals surface area (Å²) in [5.41, 5.74) is 40.3. The summed E-state index contributed by atoms with van der Waals surface area (Å²) in [6.07, 6.45) is 11.9. The van der Waals surface area contributed by atoms with E-state index in [0.717, 1.165) is 77.0 Å². The van der Waals surface area contributed by atoms with Crippen LogP contribution in [0.4, 0.5) is 0 Å². The zero-order chi connectivity index (χ0) is 55.5. The topological polar surface area (TPSA) is 0 Å². The van der Waals surface area contributed by atoms with Crippen molar-refractivity contribution in [2.45, 2.75) is 77.0 Å². The van der Waals surface area contributed by atoms with Gasteiger partial charge in [-0.2, -0.15) is 0 Å². The van der Waals surface area contributed by atoms with E-state index in [4.69, 9.17) is 0 Å². The summed E-state index contributed by atoms with van der Waals surface area (Å²) in [7, 11) is 0. The van der Waals surface area contributed by atoms with Crippen LogP contribution in [0.1, 0.15) is 66.8 Å². The van der Waals surface area contributed by atoms with Crippen LogP contribution >= 0.6 is 0 Å². The zero-order valence-corrected chi connectivity index (χ0v) is 47.7. The molecule has 28 aliphatic rings. The van der Waals surface area contributed by atoms with Crippen LogP contribution in [0, 0.1) is 0 Å². The van der Waals surface area contributed by atoms with Gasteiger partial charge in [0.2, 0.25) is 0 Å². The molecular weight excluding hydrogens is 1010 g/mol. The van der Waals surface area contributed by atoms with Gasteiger partial charge in [0.25, 0.3) is 0 Å². The molecule has 0 saturated heterocycles. The molecule has 402 valence electrons. The fourth-order valence-corrected chi connectivity index (χ4v) is 14.3. The quantitative estimate of drug-likeness (QED) is 0.142. The van der Waals surface area contributed by atoms with Crippen LogP contribution in [-0.4, -0.2) is 0 Å². The molecule has 0 heteroatoms. The highest BCUT2D eigenvalue weighted by Gasteiger charge is 2.19. The maximum Gasteiger partial charge on any atom is -0.0149 e. The van der Waals surface area contributed by atoms with Gasteiger partial charge in [0.15, 0.2) is 0 Å². The first-order valence-corrected chi connectivity index (χ1v) is 30.8. The Kier molecular flexibility index (Phi) is 12.9. The Morgan fingerprint density at radius 3 is 0.393 bits per heavy atom. The Hall–Kier alpha value is -9.36. The van der Waals surface area contributed by atoms with Crippen molar-refractivity contribution >= 4 is 0 Å². The van der Waals surface area contributed by atoms with Crippen LogP contribution in [0.25, 0.3) is 100 Å². The number of rotatable bonds is 0. The smallest absolute Gasteiger partial charge is 0.0149 e. The molecule has 0 nitrogen and oxygen atoms in total. The Balaban J connectivity index is 0.744. The monoisotopic (exact) mass is 1070 g/mol. The van der Waals surface area contributed by atoms with Crippen molar-refractivity contribution in [1.82, 2.24) is 0 Å². The summed E-state index contributed by atoms with van der Waals surface area (Å²) in [5.74, 6) is 0. The Morgan fingerprint density at radius 2 is 0.250 bits per heavy atom. The highest BCUT2D eigenvalue weighted by Crippen LogP contribution is 2.39. The second-order valence-corrected chi connectivity index (χ2v) is 24.4. The van der Waals surface area contributed by atoms with Crippen molar-refractivity contribution in [3.63, 3.8) is 0 Å². The maximum atomic E-state index is 2.48. The van der Waals surface area contributed by atoms with Crippen LogP contribution in [-0.2, 0) is 77.0 Å². The minimum absolute atomic E-state index is 0.993. The minimum Gasteiger partial charge on any atom is -0.0587 e. The van der Waals surface area contributed by atoms with E-state index in [9.17, 15) is 0 Å². The Labute approximate surface area is 495 Å². The molecule has 12 aromatic rings. The summed E-state index contributed by atoms with van der Waals surface area (Å²) >= 11 is 0. The van der Waals surface area contributed by atoms with Crippen LogP contribution in [0.15, 0.2) is 255 Å². The zero-order valence-electron chi connectivity index (χ0n) is 47.7. The van der Waals surface area contributed by atoms with E-state index in [1.165, 1.54) is 167 Å². The molecule has 30 bridgehead atoms. The summed E-state index contributed by atoms with van der Waals surface area (Å²) in [5, 5.41) is 0. The van der Waals surface area contributed by atoms with Gasteiger partial charge in [-0.3, -0.25) is 0 Å². The standard InChI is InChI=1S/C84H66/c1-13-67-20-8-56-2-14-68-19-7-55(1)49-79(67)73-37-25-61(26-38-73)62-29-41-75(42-30-62)81-51-57-3-15-69(81)21-9-58-5-17-71(22-10-57)83(53-58)77-45-33-65(34-46-77)66-35-47-78(48-36-66)84-54-60-6-18-72(84)24-12-59-4-16-70(23-11-60)82(52-59)76-43-31-64(32-44-76)63-27-39-74(40-28-63)80(68)50-56/h1-6,13-18,25-54H,7-12,19-24H2. The molecule has 28 aliphatic carbocycles. The van der Waals surface area contributed by atoms with Gasteiger partial charge in [0.1, 0.15) is 0 Å². The van der Waals surface area contributed by atoms with E-state index in [1.807, 2.05) is 0 Å². The molecule has 0 saturated carbocycles. The third-order valence-electron chi connectivity index (χ3n) is 19.3. The second-order valence-electron chi connectivity index (χ2n) is 24.4. The molecule has 0 radical (unpaired) electrons. The normalized spacial score (nSPS) is 13.9. The molecule has 0 N–H and O–H groups in total. The molecule has 40 rings (SSSR count). The van der Waals surface area contributed by atoms with Crippen LogP contribution in [0.5, 0.6) is 0 Å². The molecule has 0 aliphatic heterocycles. The number of benzene rings is 12. The van der Waals surface area contributed by atoms with Crippen molar-refractivity contribution < 1.29 is 0 Å². The predicted octanol–water partition coefficient (Wildman–Crippen LogP) is 20.7. The minimum atomic E-state index is 0.993. The first kappa shape index (κ1) is 50.4. The van der Waals surface area contributed by atoms with Gasteiger partial charge in [-0.15, -0.1) is 0 Å². The van der Waals surface area contributed by atoms with Crippen molar-refractivity contribution in [3.05, 3.63) is 322 Å². The molecule has 12 aromatic carbocycles. The van der Waals surface area contributed by atoms with E-state index in [2.05, 4.69) is 255 Å². The van der Waals surface area contributed by atoms with E-state index < -0.39 is 0 Å². The molecule has 0 atom stereocenters. The van der Waals surface area contributed by atoms with Crippen molar-refractivity contribution in [2.24, 2.45) is 0 Å². The predicted molar refractivity (Wildman–Crippen MR) is 353 cm³/mol. The Morgan fingerprint density at radius 1 is 0.119 bits per heavy atom. The average Bonchev–Trinajstić information content (AvgIpc) is 3.69. The molecule has 0 aromatic heterocycles. The molecule has 84 heavy (non-hydrogen) atoms. The SMILES string of the molecule is c1cc2c3cc1CCc1ccc(cc1-c1ccc(cc1)-c1ccc(cc1)-c1cc4ccc1CCc1ccc(c(c1)-c1ccc(cc1)-c1ccc(cc1)-c1cc5ccc1CCc1ccc(c(c1)-c1ccc(cc1)-c1ccc-3cc1)CC5)CC4)CC2. The van der Waals surface area contributed by atoms with Gasteiger partial charge in [0, 0.05) is 0 Å². The van der Waals surface area contributed by atoms with E-state index in [-0.39, 0.29) is 0 Å². The molecule has 0 amide bonds. The largest absolute Gasteiger partial charge is 0.0587 e. The highest BCUT2D eigenvalue weighted by molar-refractivity contribution is 5.80. The summed E-state index contributed by atoms with van der Waals surface area (Å²) in [6.45, 7) is 0. The van der Waals surface area contributed by atoms with Gasteiger partial charge in [0.05, 0.1) is 0 Å². The summed E-state index contributed by atoms with van der Waals surface area (Å²) in [6, 6.07) is 99.8. The lowest BCUT2D eigenvalue weighted by atomic mass is 9.87. The van der Waals surface area contributed by atoms with Crippen molar-refractivity contribution in [3.8, 4) is 100 Å². The number of hydrogen-bond acceptors (Lipinski definition) is 0. The molecule has 0 heterocycles. The second kappa shape index (κ2) is 21.4. The molecule has 0 unspecified atom stereocenters. The van der Waals surface area contributed by atoms with Crippen LogP contribution < -0.4 is 0 Å². The third-order valence-corrected chi connectivity index (χ3v) is 19.3. The molecular formula is C84H66. The van der Waals surface area contributed by atoms with Gasteiger partial charge in [-0.25, -0.2) is 0 Å². The third kappa shape index (κ3) is 9.84. The van der Waals surface area contributed by atoms with Crippen LogP contribution in [0.3, 0.4) is 0 Å². The van der Waals surface area contributed by atoms with Crippen molar-refractivity contribution in [2.75, 3.05) is 0 Å². The lowest BCUT2D eigenvalue weighted by Crippen LogP contribution is -2.02. The lowest BCUT2D eigenvalue weighted by Gasteiger charge is -2.18. The molecule has 0 fully saturated rings. The van der Waals surface area contributed by atoms with Gasteiger partial charge in [-0.05, 0) is 244 Å². The van der Waals surface area contributed by atoms with E-state index in [0.29, 0.717) is 0 Å². The van der Waals surface area contributed by atoms with Gasteiger partial charge in [-0.1, -0.05) is 255 Å². The van der Waals surface area contributed by atoms with Gasteiger partial charge < -0.3 is 0 Å². The fourth-order valence-electron chi connectivity index (χ4n) is 14.3. The first-order chi connectivity index (χ1) is 41.5. The van der Waals surface area contributed by atoms with Gasteiger partial charge >= 0.3 is 0 Å². The van der Waals surface area contributed by atoms with Crippen LogP contribution in [0.2, 0.25) is 0 Å². The maximum absolute atomic E-state index is 2.48. The van der Waals surface area contributed by atoms with Crippen molar-refractivity contribution in [1.29, 1.82) is 0 Å². The lowest BCUT2D eigenvalue weighted by molar-refractivity contribution is 0.925. The van der Waals surface area contributed by atoms with E-state index >= 15 is 0 Å². The van der Waals surface area contributed by atoms with E-state index in [1.54, 1.807) is 0 Å². The number of hydrogen-bond donors (Lipinski definition) is 0. The highest BCUT2D eigenvalue weighted by atomic mass is 14.2. The Bertz CT molecular complexity index is 3700. The fraction of sp³-hybridized carbons (Fsp3) is 0.143. The average molecular weight is 1080 g/mol. The first-order valence-electron chi connectivity index (χ1n) is 30.8. The number of aryl methyl sites for hydroxylation is 12. The summed E-state index contributed by atoms with van der Waals surface area (Å²) in [4.78, 5) is 0. The molecule has 0 spiro atoms.